The average Bonchev–Trinajstić information content (AvgIpc) is 2.66. The van der Waals surface area contributed by atoms with E-state index < -0.39 is 0 Å². The van der Waals surface area contributed by atoms with Crippen LogP contribution < -0.4 is 0 Å². The molecular formula is C15H12Br2OS. The van der Waals surface area contributed by atoms with Gasteiger partial charge in [0, 0.05) is 11.1 Å². The molecule has 1 aliphatic rings. The zero-order valence-corrected chi connectivity index (χ0v) is 14.1. The lowest BCUT2D eigenvalue weighted by Crippen LogP contribution is -2.10. The Morgan fingerprint density at radius 1 is 1.21 bits per heavy atom. The Bertz CT molecular complexity index is 629. The van der Waals surface area contributed by atoms with Crippen LogP contribution in [0, 0.1) is 0 Å². The monoisotopic (exact) mass is 398 g/mol. The van der Waals surface area contributed by atoms with Crippen LogP contribution in [-0.2, 0) is 0 Å². The topological polar surface area (TPSA) is 17.1 Å². The van der Waals surface area contributed by atoms with Gasteiger partial charge in [-0.2, -0.15) is 0 Å². The largest absolute Gasteiger partial charge is 0.289 e. The summed E-state index contributed by atoms with van der Waals surface area (Å²) in [5.74, 6) is 0.750. The maximum absolute atomic E-state index is 12.5. The molecule has 0 radical (unpaired) electrons. The molecule has 1 fully saturated rings. The summed E-state index contributed by atoms with van der Waals surface area (Å²) in [4.78, 5) is 12.5. The fourth-order valence-electron chi connectivity index (χ4n) is 2.33. The van der Waals surface area contributed by atoms with Gasteiger partial charge in [0.25, 0.3) is 0 Å². The third-order valence-corrected chi connectivity index (χ3v) is 5.97. The summed E-state index contributed by atoms with van der Waals surface area (Å²) in [7, 11) is 0. The van der Waals surface area contributed by atoms with Crippen LogP contribution >= 0.6 is 43.2 Å². The van der Waals surface area contributed by atoms with E-state index in [2.05, 4.69) is 44.0 Å². The molecule has 0 aliphatic heterocycles. The van der Waals surface area contributed by atoms with Crippen molar-refractivity contribution in [2.75, 3.05) is 0 Å². The van der Waals surface area contributed by atoms with Gasteiger partial charge >= 0.3 is 0 Å². The normalized spacial score (nSPS) is 15.3. The van der Waals surface area contributed by atoms with Crippen LogP contribution in [0.3, 0.4) is 0 Å². The summed E-state index contributed by atoms with van der Waals surface area (Å²) < 4.78 is 1.86. The Kier molecular flexibility index (Phi) is 3.92. The zero-order valence-electron chi connectivity index (χ0n) is 10.2. The first kappa shape index (κ1) is 13.5. The van der Waals surface area contributed by atoms with Gasteiger partial charge in [-0.15, -0.1) is 11.3 Å². The minimum absolute atomic E-state index is 0.0926. The molecule has 0 bridgehead atoms. The molecule has 1 saturated carbocycles. The highest BCUT2D eigenvalue weighted by atomic mass is 79.9. The number of carbonyl (C=O) groups is 1. The van der Waals surface area contributed by atoms with Crippen LogP contribution in [0.25, 0.3) is 0 Å². The van der Waals surface area contributed by atoms with Crippen molar-refractivity contribution in [1.29, 1.82) is 0 Å². The summed E-state index contributed by atoms with van der Waals surface area (Å²) in [6.45, 7) is 0. The first-order valence-corrected chi connectivity index (χ1v) is 8.65. The SMILES string of the molecule is O=C(c1cccc(C2CCC2)c1)c1cc(Br)sc1Br. The second kappa shape index (κ2) is 5.51. The lowest BCUT2D eigenvalue weighted by Gasteiger charge is -2.26. The first-order valence-electron chi connectivity index (χ1n) is 6.24. The Balaban J connectivity index is 1.93. The fraction of sp³-hybridized carbons (Fsp3) is 0.267. The van der Waals surface area contributed by atoms with E-state index in [1.54, 1.807) is 0 Å². The van der Waals surface area contributed by atoms with Crippen molar-refractivity contribution in [3.63, 3.8) is 0 Å². The van der Waals surface area contributed by atoms with Gasteiger partial charge in [0.2, 0.25) is 0 Å². The van der Waals surface area contributed by atoms with Crippen LogP contribution in [0.15, 0.2) is 37.9 Å². The number of benzene rings is 1. The molecule has 1 nitrogen and oxygen atoms in total. The second-order valence-electron chi connectivity index (χ2n) is 4.82. The van der Waals surface area contributed by atoms with Gasteiger partial charge in [-0.05, 0) is 68.3 Å². The molecule has 1 aromatic heterocycles. The van der Waals surface area contributed by atoms with E-state index in [-0.39, 0.29) is 5.78 Å². The Morgan fingerprint density at radius 2 is 2.00 bits per heavy atom. The minimum atomic E-state index is 0.0926. The van der Waals surface area contributed by atoms with Crippen LogP contribution in [0.1, 0.15) is 46.7 Å². The fourth-order valence-corrected chi connectivity index (χ4v) is 5.12. The zero-order chi connectivity index (χ0) is 13.4. The Hall–Kier alpha value is -0.450. The van der Waals surface area contributed by atoms with Crippen molar-refractivity contribution in [3.05, 3.63) is 54.6 Å². The quantitative estimate of drug-likeness (QED) is 0.598. The van der Waals surface area contributed by atoms with Crippen LogP contribution in [0.5, 0.6) is 0 Å². The molecule has 4 heteroatoms. The lowest BCUT2D eigenvalue weighted by molar-refractivity contribution is 0.103. The van der Waals surface area contributed by atoms with E-state index in [0.717, 1.165) is 18.7 Å². The predicted octanol–water partition coefficient (Wildman–Crippen LogP) is 5.77. The van der Waals surface area contributed by atoms with E-state index in [1.807, 2.05) is 18.2 Å². The number of hydrogen-bond donors (Lipinski definition) is 0. The van der Waals surface area contributed by atoms with Gasteiger partial charge in [0.05, 0.1) is 7.57 Å². The molecule has 0 atom stereocenters. The maximum atomic E-state index is 12.5. The van der Waals surface area contributed by atoms with Gasteiger partial charge in [-0.25, -0.2) is 0 Å². The number of thiophene rings is 1. The highest BCUT2D eigenvalue weighted by molar-refractivity contribution is 9.12. The molecule has 0 saturated heterocycles. The molecule has 19 heavy (non-hydrogen) atoms. The molecule has 0 amide bonds. The summed E-state index contributed by atoms with van der Waals surface area (Å²) in [6.07, 6.45) is 3.82. The van der Waals surface area contributed by atoms with Crippen molar-refractivity contribution in [3.8, 4) is 0 Å². The number of ketones is 1. The van der Waals surface area contributed by atoms with E-state index in [1.165, 1.54) is 36.2 Å². The van der Waals surface area contributed by atoms with Crippen molar-refractivity contribution in [2.24, 2.45) is 0 Å². The maximum Gasteiger partial charge on any atom is 0.195 e. The summed E-state index contributed by atoms with van der Waals surface area (Å²) >= 11 is 8.40. The number of hydrogen-bond acceptors (Lipinski definition) is 2. The Labute approximate surface area is 133 Å². The van der Waals surface area contributed by atoms with Crippen molar-refractivity contribution >= 4 is 49.0 Å². The Morgan fingerprint density at radius 3 is 2.58 bits per heavy atom. The molecule has 1 aromatic carbocycles. The molecule has 1 aliphatic carbocycles. The van der Waals surface area contributed by atoms with Gasteiger partial charge in [0.1, 0.15) is 0 Å². The smallest absolute Gasteiger partial charge is 0.195 e. The standard InChI is InChI=1S/C15H12Br2OS/c16-13-8-12(15(17)19-13)14(18)11-6-2-5-10(7-11)9-3-1-4-9/h2,5-9H,1,3-4H2. The molecule has 1 heterocycles. The molecule has 0 spiro atoms. The van der Waals surface area contributed by atoms with Crippen molar-refractivity contribution in [1.82, 2.24) is 0 Å². The lowest BCUT2D eigenvalue weighted by atomic mass is 9.79. The number of carbonyl (C=O) groups excluding carboxylic acids is 1. The number of rotatable bonds is 3. The second-order valence-corrected chi connectivity index (χ2v) is 8.57. The summed E-state index contributed by atoms with van der Waals surface area (Å²) in [5, 5.41) is 0. The first-order chi connectivity index (χ1) is 9.15. The molecular weight excluding hydrogens is 388 g/mol. The van der Waals surface area contributed by atoms with Crippen molar-refractivity contribution < 1.29 is 4.79 Å². The molecule has 2 aromatic rings. The van der Waals surface area contributed by atoms with E-state index in [4.69, 9.17) is 0 Å². The van der Waals surface area contributed by atoms with E-state index in [0.29, 0.717) is 5.92 Å². The average molecular weight is 400 g/mol. The van der Waals surface area contributed by atoms with Crippen LogP contribution in [0.4, 0.5) is 0 Å². The van der Waals surface area contributed by atoms with Gasteiger partial charge < -0.3 is 0 Å². The van der Waals surface area contributed by atoms with Gasteiger partial charge in [-0.3, -0.25) is 4.79 Å². The van der Waals surface area contributed by atoms with E-state index >= 15 is 0 Å². The minimum Gasteiger partial charge on any atom is -0.289 e. The number of halogens is 2. The molecule has 0 N–H and O–H groups in total. The summed E-state index contributed by atoms with van der Waals surface area (Å²) in [6, 6.07) is 9.98. The highest BCUT2D eigenvalue weighted by Gasteiger charge is 2.21. The highest BCUT2D eigenvalue weighted by Crippen LogP contribution is 2.37. The summed E-state index contributed by atoms with van der Waals surface area (Å²) in [5.41, 5.74) is 2.83. The van der Waals surface area contributed by atoms with Crippen molar-refractivity contribution in [2.45, 2.75) is 25.2 Å². The predicted molar refractivity (Wildman–Crippen MR) is 86.2 cm³/mol. The third-order valence-electron chi connectivity index (χ3n) is 3.63. The molecule has 0 unspecified atom stereocenters. The van der Waals surface area contributed by atoms with Crippen LogP contribution in [0.2, 0.25) is 0 Å². The molecule has 3 rings (SSSR count). The van der Waals surface area contributed by atoms with E-state index in [9.17, 15) is 4.79 Å². The van der Waals surface area contributed by atoms with Gasteiger partial charge in [-0.1, -0.05) is 24.6 Å². The van der Waals surface area contributed by atoms with Crippen LogP contribution in [-0.4, -0.2) is 5.78 Å². The molecule has 98 valence electrons. The third kappa shape index (κ3) is 2.71. The van der Waals surface area contributed by atoms with Gasteiger partial charge in [0.15, 0.2) is 5.78 Å².